The van der Waals surface area contributed by atoms with Crippen LogP contribution in [0.3, 0.4) is 0 Å². The molecule has 0 aromatic heterocycles. The molecule has 27 heavy (non-hydrogen) atoms. The molecule has 1 aromatic carbocycles. The number of nitrogens with zero attached hydrogens (tertiary/aromatic N) is 1. The smallest absolute Gasteiger partial charge is 0.126 e. The van der Waals surface area contributed by atoms with Crippen LogP contribution in [0.25, 0.3) is 0 Å². The molecule has 1 heterocycles. The highest BCUT2D eigenvalue weighted by atomic mass is 16.5. The maximum absolute atomic E-state index is 10.9. The summed E-state index contributed by atoms with van der Waals surface area (Å²) >= 11 is 0. The van der Waals surface area contributed by atoms with Crippen LogP contribution in [-0.4, -0.2) is 48.0 Å². The van der Waals surface area contributed by atoms with Gasteiger partial charge in [0.2, 0.25) is 0 Å². The summed E-state index contributed by atoms with van der Waals surface area (Å²) in [5.74, 6) is 2.09. The van der Waals surface area contributed by atoms with Crippen LogP contribution in [0.1, 0.15) is 52.0 Å². The van der Waals surface area contributed by atoms with Gasteiger partial charge >= 0.3 is 0 Å². The Morgan fingerprint density at radius 1 is 1.11 bits per heavy atom. The van der Waals surface area contributed by atoms with Crippen molar-refractivity contribution < 1.29 is 14.3 Å². The molecule has 3 aliphatic rings. The van der Waals surface area contributed by atoms with E-state index in [1.165, 1.54) is 44.3 Å². The van der Waals surface area contributed by atoms with Crippen LogP contribution in [-0.2, 0) is 11.3 Å². The Kier molecular flexibility index (Phi) is 5.39. The number of likely N-dealkylation sites (tertiary alicyclic amines) is 1. The van der Waals surface area contributed by atoms with Gasteiger partial charge in [-0.1, -0.05) is 51.1 Å². The highest BCUT2D eigenvalue weighted by molar-refractivity contribution is 5.13. The molecule has 0 spiro atoms. The first-order valence-electron chi connectivity index (χ1n) is 11.1. The lowest BCUT2D eigenvalue weighted by Gasteiger charge is -2.37. The van der Waals surface area contributed by atoms with E-state index in [9.17, 15) is 5.11 Å². The largest absolute Gasteiger partial charge is 0.385 e. The fraction of sp³-hybridized carbons (Fsp3) is 0.750. The number of hydrogen-bond donors (Lipinski definition) is 1. The van der Waals surface area contributed by atoms with Crippen molar-refractivity contribution in [3.05, 3.63) is 35.9 Å². The Morgan fingerprint density at radius 3 is 2.41 bits per heavy atom. The lowest BCUT2D eigenvalue weighted by atomic mass is 9.80. The summed E-state index contributed by atoms with van der Waals surface area (Å²) in [6, 6.07) is 10.8. The molecule has 2 bridgehead atoms. The van der Waals surface area contributed by atoms with E-state index in [4.69, 9.17) is 4.74 Å². The minimum atomic E-state index is -0.360. The second-order valence-electron chi connectivity index (χ2n) is 10.2. The SMILES string of the molecule is C[C@@H]1[C@@H](OC[C@@H](O)C[N+]2(Cc3ccccc3)CCCC2)[C@@H]2CC[C@@H]1C2(C)C. The molecular formula is C24H38NO2+. The zero-order valence-electron chi connectivity index (χ0n) is 17.4. The molecule has 2 aliphatic carbocycles. The Labute approximate surface area is 165 Å². The molecule has 0 unspecified atom stereocenters. The summed E-state index contributed by atoms with van der Waals surface area (Å²) in [5, 5.41) is 10.9. The van der Waals surface area contributed by atoms with Crippen molar-refractivity contribution in [1.29, 1.82) is 0 Å². The van der Waals surface area contributed by atoms with Gasteiger partial charge in [-0.25, -0.2) is 0 Å². The molecular weight excluding hydrogens is 334 g/mol. The van der Waals surface area contributed by atoms with Crippen LogP contribution in [0.15, 0.2) is 30.3 Å². The second-order valence-corrected chi connectivity index (χ2v) is 10.2. The maximum atomic E-state index is 10.9. The van der Waals surface area contributed by atoms with Crippen LogP contribution in [0.4, 0.5) is 0 Å². The van der Waals surface area contributed by atoms with E-state index < -0.39 is 0 Å². The molecule has 1 N–H and O–H groups in total. The Balaban J connectivity index is 1.35. The summed E-state index contributed by atoms with van der Waals surface area (Å²) in [6.07, 6.45) is 5.20. The van der Waals surface area contributed by atoms with E-state index in [2.05, 4.69) is 51.1 Å². The number of benzene rings is 1. The lowest BCUT2D eigenvalue weighted by molar-refractivity contribution is -0.932. The first kappa shape index (κ1) is 19.4. The van der Waals surface area contributed by atoms with Crippen LogP contribution in [0, 0.1) is 23.2 Å². The Morgan fingerprint density at radius 2 is 1.78 bits per heavy atom. The molecule has 1 aromatic rings. The van der Waals surface area contributed by atoms with E-state index in [-0.39, 0.29) is 6.10 Å². The average molecular weight is 373 g/mol. The van der Waals surface area contributed by atoms with Crippen molar-refractivity contribution in [3.8, 4) is 0 Å². The molecule has 1 saturated heterocycles. The number of rotatable bonds is 7. The standard InChI is InChI=1S/C24H38NO2/c1-18-21-11-12-22(24(21,2)3)23(18)27-17-20(26)16-25(13-7-8-14-25)15-19-9-5-4-6-10-19/h4-6,9-10,18,20-23,26H,7-8,11-17H2,1-3H3/q+1/t18-,20-,21-,22-,23+/m0/s1. The van der Waals surface area contributed by atoms with E-state index >= 15 is 0 Å². The van der Waals surface area contributed by atoms with Crippen molar-refractivity contribution in [3.63, 3.8) is 0 Å². The molecule has 3 fully saturated rings. The average Bonchev–Trinajstić information content (AvgIpc) is 3.25. The fourth-order valence-corrected chi connectivity index (χ4v) is 6.87. The maximum Gasteiger partial charge on any atom is 0.126 e. The van der Waals surface area contributed by atoms with Gasteiger partial charge in [0.15, 0.2) is 0 Å². The van der Waals surface area contributed by atoms with Gasteiger partial charge in [-0.15, -0.1) is 0 Å². The minimum absolute atomic E-state index is 0.342. The number of hydrogen-bond acceptors (Lipinski definition) is 2. The van der Waals surface area contributed by atoms with Crippen molar-refractivity contribution in [2.75, 3.05) is 26.2 Å². The van der Waals surface area contributed by atoms with Crippen molar-refractivity contribution in [1.82, 2.24) is 0 Å². The summed E-state index contributed by atoms with van der Waals surface area (Å²) in [5.41, 5.74) is 1.79. The predicted octanol–water partition coefficient (Wildman–Crippen LogP) is 4.25. The zero-order valence-corrected chi connectivity index (χ0v) is 17.4. The van der Waals surface area contributed by atoms with Crippen molar-refractivity contribution >= 4 is 0 Å². The second kappa shape index (κ2) is 7.50. The van der Waals surface area contributed by atoms with E-state index in [1.54, 1.807) is 0 Å². The van der Waals surface area contributed by atoms with Gasteiger partial charge < -0.3 is 14.3 Å². The van der Waals surface area contributed by atoms with E-state index in [0.717, 1.165) is 23.5 Å². The number of aliphatic hydroxyl groups excluding tert-OH is 1. The molecule has 1 aliphatic heterocycles. The zero-order chi connectivity index (χ0) is 19.1. The first-order valence-corrected chi connectivity index (χ1v) is 11.1. The third kappa shape index (κ3) is 3.71. The van der Waals surface area contributed by atoms with Gasteiger partial charge in [0.25, 0.3) is 0 Å². The van der Waals surface area contributed by atoms with Gasteiger partial charge in [-0.3, -0.25) is 0 Å². The summed E-state index contributed by atoms with van der Waals surface area (Å²) in [4.78, 5) is 0. The summed E-state index contributed by atoms with van der Waals surface area (Å²) < 4.78 is 7.41. The van der Waals surface area contributed by atoms with Gasteiger partial charge in [0, 0.05) is 18.4 Å². The summed E-state index contributed by atoms with van der Waals surface area (Å²) in [6.45, 7) is 12.0. The van der Waals surface area contributed by atoms with Crippen molar-refractivity contribution in [2.24, 2.45) is 23.2 Å². The number of quaternary nitrogens is 1. The molecule has 5 atom stereocenters. The Bertz CT molecular complexity index is 623. The van der Waals surface area contributed by atoms with Crippen LogP contribution >= 0.6 is 0 Å². The van der Waals surface area contributed by atoms with Crippen LogP contribution in [0.2, 0.25) is 0 Å². The third-order valence-corrected chi connectivity index (χ3v) is 8.20. The molecule has 150 valence electrons. The van der Waals surface area contributed by atoms with E-state index in [1.807, 2.05) is 0 Å². The monoisotopic (exact) mass is 372 g/mol. The normalized spacial score (nSPS) is 34.8. The van der Waals surface area contributed by atoms with Gasteiger partial charge in [-0.05, 0) is 36.0 Å². The quantitative estimate of drug-likeness (QED) is 0.725. The molecule has 3 heteroatoms. The van der Waals surface area contributed by atoms with Gasteiger partial charge in [-0.2, -0.15) is 0 Å². The molecule has 0 radical (unpaired) electrons. The van der Waals surface area contributed by atoms with Crippen LogP contribution < -0.4 is 0 Å². The highest BCUT2D eigenvalue weighted by Crippen LogP contribution is 2.60. The molecule has 3 nitrogen and oxygen atoms in total. The fourth-order valence-electron chi connectivity index (χ4n) is 6.87. The van der Waals surface area contributed by atoms with Gasteiger partial charge in [0.05, 0.1) is 25.8 Å². The minimum Gasteiger partial charge on any atom is -0.385 e. The third-order valence-electron chi connectivity index (χ3n) is 8.20. The summed E-state index contributed by atoms with van der Waals surface area (Å²) in [7, 11) is 0. The number of ether oxygens (including phenoxy) is 1. The van der Waals surface area contributed by atoms with Crippen LogP contribution in [0.5, 0.6) is 0 Å². The molecule has 0 amide bonds. The lowest BCUT2D eigenvalue weighted by Crippen LogP contribution is -2.50. The highest BCUT2D eigenvalue weighted by Gasteiger charge is 2.58. The molecule has 2 saturated carbocycles. The number of aliphatic hydroxyl groups is 1. The first-order chi connectivity index (χ1) is 12.9. The topological polar surface area (TPSA) is 29.5 Å². The van der Waals surface area contributed by atoms with Crippen molar-refractivity contribution in [2.45, 2.75) is 65.2 Å². The Hall–Kier alpha value is -0.900. The number of fused-ring (bicyclic) bond motifs is 2. The predicted molar refractivity (Wildman–Crippen MR) is 109 cm³/mol. The van der Waals surface area contributed by atoms with E-state index in [0.29, 0.717) is 30.0 Å². The van der Waals surface area contributed by atoms with Gasteiger partial charge in [0.1, 0.15) is 19.2 Å². The molecule has 4 rings (SSSR count).